The predicted molar refractivity (Wildman–Crippen MR) is 73.9 cm³/mol. The van der Waals surface area contributed by atoms with Gasteiger partial charge in [-0.1, -0.05) is 24.3 Å². The topological polar surface area (TPSA) is 24.9 Å². The van der Waals surface area contributed by atoms with E-state index in [4.69, 9.17) is 0 Å². The second kappa shape index (κ2) is 5.93. The minimum absolute atomic E-state index is 0.181. The molecule has 0 aliphatic carbocycles. The number of aryl methyl sites for hydroxylation is 1. The zero-order valence-corrected chi connectivity index (χ0v) is 12.0. The van der Waals surface area contributed by atoms with Crippen LogP contribution in [0.2, 0.25) is 0 Å². The molecule has 0 spiro atoms. The van der Waals surface area contributed by atoms with E-state index in [0.29, 0.717) is 11.4 Å². The van der Waals surface area contributed by atoms with Crippen LogP contribution in [-0.2, 0) is 19.1 Å². The van der Waals surface area contributed by atoms with Crippen molar-refractivity contribution in [3.05, 3.63) is 51.0 Å². The Morgan fingerprint density at radius 3 is 2.55 bits per heavy atom. The maximum absolute atomic E-state index is 12.9. The van der Waals surface area contributed by atoms with E-state index in [1.807, 2.05) is 31.2 Å². The van der Waals surface area contributed by atoms with E-state index in [2.05, 4.69) is 10.3 Å². The van der Waals surface area contributed by atoms with Crippen LogP contribution in [0.15, 0.2) is 24.3 Å². The van der Waals surface area contributed by atoms with Crippen molar-refractivity contribution < 1.29 is 13.2 Å². The summed E-state index contributed by atoms with van der Waals surface area (Å²) in [5.74, 6) is 0. The Morgan fingerprint density at radius 1 is 1.25 bits per heavy atom. The van der Waals surface area contributed by atoms with E-state index in [1.165, 1.54) is 0 Å². The molecule has 0 fully saturated rings. The first-order valence-electron chi connectivity index (χ1n) is 6.16. The lowest BCUT2D eigenvalue weighted by Gasteiger charge is -2.05. The van der Waals surface area contributed by atoms with Crippen LogP contribution in [-0.4, -0.2) is 12.0 Å². The molecule has 0 unspecified atom stereocenters. The van der Waals surface area contributed by atoms with Crippen LogP contribution in [0.4, 0.5) is 13.2 Å². The van der Waals surface area contributed by atoms with E-state index < -0.39 is 11.9 Å². The zero-order valence-electron chi connectivity index (χ0n) is 11.2. The maximum Gasteiger partial charge on any atom is 0.434 e. The summed E-state index contributed by atoms with van der Waals surface area (Å²) in [5, 5.41) is 3.25. The minimum Gasteiger partial charge on any atom is -0.315 e. The number of rotatable bonds is 4. The fraction of sp³-hybridized carbons (Fsp3) is 0.357. The van der Waals surface area contributed by atoms with Gasteiger partial charge in [0.05, 0.1) is 9.88 Å². The van der Waals surface area contributed by atoms with Gasteiger partial charge >= 0.3 is 6.18 Å². The Hall–Kier alpha value is -1.40. The molecule has 1 heterocycles. The summed E-state index contributed by atoms with van der Waals surface area (Å²) in [6, 6.07) is 7.66. The molecule has 1 N–H and O–H groups in total. The molecule has 0 atom stereocenters. The summed E-state index contributed by atoms with van der Waals surface area (Å²) in [6.45, 7) is 2.13. The Morgan fingerprint density at radius 2 is 1.95 bits per heavy atom. The van der Waals surface area contributed by atoms with Crippen molar-refractivity contribution >= 4 is 11.3 Å². The molecule has 108 valence electrons. The molecule has 2 rings (SSSR count). The largest absolute Gasteiger partial charge is 0.434 e. The van der Waals surface area contributed by atoms with Crippen LogP contribution in [0.25, 0.3) is 0 Å². The molecule has 0 aliphatic rings. The maximum atomic E-state index is 12.9. The van der Waals surface area contributed by atoms with Gasteiger partial charge < -0.3 is 5.32 Å². The molecule has 2 nitrogen and oxygen atoms in total. The molecule has 1 aromatic carbocycles. The lowest BCUT2D eigenvalue weighted by atomic mass is 10.1. The SMILES string of the molecule is CNCc1sc(Cc2ccccc2C)nc1C(F)(F)F. The van der Waals surface area contributed by atoms with Gasteiger partial charge in [0.15, 0.2) is 5.69 Å². The molecular weight excluding hydrogens is 285 g/mol. The lowest BCUT2D eigenvalue weighted by Crippen LogP contribution is -2.12. The van der Waals surface area contributed by atoms with Crippen molar-refractivity contribution in [2.75, 3.05) is 7.05 Å². The number of hydrogen-bond donors (Lipinski definition) is 1. The molecule has 20 heavy (non-hydrogen) atoms. The van der Waals surface area contributed by atoms with E-state index in [0.717, 1.165) is 22.5 Å². The van der Waals surface area contributed by atoms with Gasteiger partial charge in [-0.05, 0) is 25.1 Å². The van der Waals surface area contributed by atoms with Crippen molar-refractivity contribution in [3.63, 3.8) is 0 Å². The number of thiazole rings is 1. The first kappa shape index (κ1) is 15.0. The standard InChI is InChI=1S/C14H15F3N2S/c1-9-5-3-4-6-10(9)7-12-19-13(14(15,16)17)11(20-12)8-18-2/h3-6,18H,7-8H2,1-2H3. The number of hydrogen-bond acceptors (Lipinski definition) is 3. The van der Waals surface area contributed by atoms with Crippen LogP contribution < -0.4 is 5.32 Å². The van der Waals surface area contributed by atoms with Gasteiger partial charge in [0, 0.05) is 13.0 Å². The smallest absolute Gasteiger partial charge is 0.315 e. The van der Waals surface area contributed by atoms with Crippen LogP contribution >= 0.6 is 11.3 Å². The van der Waals surface area contributed by atoms with Gasteiger partial charge in [0.1, 0.15) is 0 Å². The highest BCUT2D eigenvalue weighted by atomic mass is 32.1. The van der Waals surface area contributed by atoms with Crippen molar-refractivity contribution in [3.8, 4) is 0 Å². The highest BCUT2D eigenvalue weighted by molar-refractivity contribution is 7.11. The van der Waals surface area contributed by atoms with Gasteiger partial charge in [-0.2, -0.15) is 13.2 Å². The van der Waals surface area contributed by atoms with Gasteiger partial charge in [0.25, 0.3) is 0 Å². The van der Waals surface area contributed by atoms with E-state index >= 15 is 0 Å². The summed E-state index contributed by atoms with van der Waals surface area (Å²) < 4.78 is 38.8. The van der Waals surface area contributed by atoms with E-state index in [1.54, 1.807) is 7.05 Å². The van der Waals surface area contributed by atoms with Gasteiger partial charge in [-0.3, -0.25) is 0 Å². The molecule has 1 aromatic heterocycles. The van der Waals surface area contributed by atoms with E-state index in [-0.39, 0.29) is 11.4 Å². The van der Waals surface area contributed by atoms with Gasteiger partial charge in [-0.15, -0.1) is 11.3 Å². The normalized spacial score (nSPS) is 11.8. The van der Waals surface area contributed by atoms with Crippen LogP contribution in [0.1, 0.15) is 26.7 Å². The molecule has 0 bridgehead atoms. The van der Waals surface area contributed by atoms with Crippen molar-refractivity contribution in [2.45, 2.75) is 26.1 Å². The number of halogens is 3. The third-order valence-corrected chi connectivity index (χ3v) is 4.01. The van der Waals surface area contributed by atoms with E-state index in [9.17, 15) is 13.2 Å². The van der Waals surface area contributed by atoms with Crippen LogP contribution in [0.5, 0.6) is 0 Å². The first-order chi connectivity index (χ1) is 9.41. The number of nitrogens with zero attached hydrogens (tertiary/aromatic N) is 1. The molecule has 0 saturated heterocycles. The highest BCUT2D eigenvalue weighted by Crippen LogP contribution is 2.35. The second-order valence-corrected chi connectivity index (χ2v) is 5.68. The third kappa shape index (κ3) is 3.37. The highest BCUT2D eigenvalue weighted by Gasteiger charge is 2.37. The molecule has 0 aliphatic heterocycles. The van der Waals surface area contributed by atoms with Crippen molar-refractivity contribution in [2.24, 2.45) is 0 Å². The third-order valence-electron chi connectivity index (χ3n) is 2.95. The average Bonchev–Trinajstić information content (AvgIpc) is 2.76. The van der Waals surface area contributed by atoms with Crippen molar-refractivity contribution in [1.82, 2.24) is 10.3 Å². The molecule has 2 aromatic rings. The Labute approximate surface area is 119 Å². The summed E-state index contributed by atoms with van der Waals surface area (Å²) >= 11 is 1.12. The Kier molecular flexibility index (Phi) is 4.45. The number of alkyl halides is 3. The fourth-order valence-electron chi connectivity index (χ4n) is 1.95. The Bertz CT molecular complexity index is 590. The molecule has 0 amide bonds. The first-order valence-corrected chi connectivity index (χ1v) is 6.98. The van der Waals surface area contributed by atoms with Gasteiger partial charge in [0.2, 0.25) is 0 Å². The molecular formula is C14H15F3N2S. The average molecular weight is 300 g/mol. The number of benzene rings is 1. The minimum atomic E-state index is -4.40. The van der Waals surface area contributed by atoms with Crippen LogP contribution in [0, 0.1) is 6.92 Å². The molecule has 6 heteroatoms. The molecule has 0 radical (unpaired) electrons. The zero-order chi connectivity index (χ0) is 14.8. The predicted octanol–water partition coefficient (Wildman–Crippen LogP) is 3.78. The summed E-state index contributed by atoms with van der Waals surface area (Å²) in [5.41, 5.74) is 1.30. The number of aromatic nitrogens is 1. The molecule has 0 saturated carbocycles. The quantitative estimate of drug-likeness (QED) is 0.929. The fourth-order valence-corrected chi connectivity index (χ4v) is 3.07. The lowest BCUT2D eigenvalue weighted by molar-refractivity contribution is -0.141. The Balaban J connectivity index is 2.32. The van der Waals surface area contributed by atoms with Crippen LogP contribution in [0.3, 0.4) is 0 Å². The summed E-state index contributed by atoms with van der Waals surface area (Å²) in [7, 11) is 1.63. The second-order valence-electron chi connectivity index (χ2n) is 4.51. The summed E-state index contributed by atoms with van der Waals surface area (Å²) in [4.78, 5) is 4.03. The monoisotopic (exact) mass is 300 g/mol. The van der Waals surface area contributed by atoms with Crippen molar-refractivity contribution in [1.29, 1.82) is 0 Å². The van der Waals surface area contributed by atoms with Gasteiger partial charge in [-0.25, -0.2) is 4.98 Å². The number of nitrogens with one attached hydrogen (secondary N) is 1. The summed E-state index contributed by atoms with van der Waals surface area (Å²) in [6.07, 6.45) is -3.96.